The quantitative estimate of drug-likeness (QED) is 0.0612. The van der Waals surface area contributed by atoms with Gasteiger partial charge in [0.05, 0.1) is 23.3 Å². The van der Waals surface area contributed by atoms with E-state index in [4.69, 9.17) is 10.9 Å². The second-order valence-electron chi connectivity index (χ2n) is 12.8. The lowest BCUT2D eigenvalue weighted by Crippen LogP contribution is -2.58. The summed E-state index contributed by atoms with van der Waals surface area (Å²) in [5, 5.41) is 29.3. The van der Waals surface area contributed by atoms with E-state index < -0.39 is 40.1 Å². The molecule has 0 unspecified atom stereocenters. The molecule has 0 aliphatic carbocycles. The number of oxime groups is 1. The van der Waals surface area contributed by atoms with Gasteiger partial charge in [0.1, 0.15) is 6.04 Å². The molecule has 0 aliphatic rings. The van der Waals surface area contributed by atoms with Crippen molar-refractivity contribution in [2.24, 2.45) is 17.0 Å². The molecule has 0 saturated heterocycles. The van der Waals surface area contributed by atoms with E-state index >= 15 is 0 Å². The molecule has 3 aromatic rings. The number of nitrogen functional groups attached to an aromatic ring is 1. The third-order valence-corrected chi connectivity index (χ3v) is 10.1. The second kappa shape index (κ2) is 18.3. The highest BCUT2D eigenvalue weighted by atomic mass is 32.2. The van der Waals surface area contributed by atoms with Crippen LogP contribution in [0, 0.1) is 11.8 Å². The van der Waals surface area contributed by atoms with Crippen molar-refractivity contribution in [2.45, 2.75) is 70.2 Å². The lowest BCUT2D eigenvalue weighted by Gasteiger charge is -2.33. The predicted molar refractivity (Wildman–Crippen MR) is 192 cm³/mol. The number of nitrogens with zero attached hydrogens (tertiary/aromatic N) is 3. The summed E-state index contributed by atoms with van der Waals surface area (Å²) in [6, 6.07) is 20.1. The minimum atomic E-state index is -4.06. The van der Waals surface area contributed by atoms with Crippen molar-refractivity contribution in [3.63, 3.8) is 0 Å². The Morgan fingerprint density at radius 1 is 0.939 bits per heavy atom. The third-order valence-electron chi connectivity index (χ3n) is 8.27. The molecule has 0 heterocycles. The molecule has 3 amide bonds. The van der Waals surface area contributed by atoms with Crippen LogP contribution in [0.1, 0.15) is 50.8 Å². The molecule has 0 radical (unpaired) electrons. The molecule has 0 spiro atoms. The number of sulfonamides is 1. The van der Waals surface area contributed by atoms with E-state index in [0.717, 1.165) is 11.1 Å². The van der Waals surface area contributed by atoms with Crippen LogP contribution in [0.3, 0.4) is 0 Å². The van der Waals surface area contributed by atoms with Crippen molar-refractivity contribution < 1.29 is 28.3 Å². The number of nitrogens with one attached hydrogen (secondary N) is 2. The first-order valence-electron chi connectivity index (χ1n) is 16.4. The second-order valence-corrected chi connectivity index (χ2v) is 14.8. The maximum atomic E-state index is 13.9. The molecule has 3 aromatic carbocycles. The molecule has 3 rings (SSSR count). The van der Waals surface area contributed by atoms with Gasteiger partial charge < -0.3 is 31.6 Å². The number of carbonyl (C=O) groups excluding carboxylic acids is 2. The number of hydrogen-bond donors (Lipinski definition) is 5. The van der Waals surface area contributed by atoms with Crippen LogP contribution >= 0.6 is 0 Å². The van der Waals surface area contributed by atoms with Crippen LogP contribution in [0.15, 0.2) is 88.9 Å². The molecule has 4 atom stereocenters. The zero-order valence-electron chi connectivity index (χ0n) is 28.9. The fraction of sp³-hybridized carbons (Fsp3) is 0.417. The zero-order valence-corrected chi connectivity index (χ0v) is 29.7. The number of benzene rings is 3. The van der Waals surface area contributed by atoms with E-state index in [2.05, 4.69) is 15.8 Å². The molecule has 12 nitrogen and oxygen atoms in total. The topological polar surface area (TPSA) is 178 Å². The van der Waals surface area contributed by atoms with Crippen LogP contribution in [-0.4, -0.2) is 84.4 Å². The van der Waals surface area contributed by atoms with Gasteiger partial charge >= 0.3 is 6.03 Å². The summed E-state index contributed by atoms with van der Waals surface area (Å²) >= 11 is 0. The van der Waals surface area contributed by atoms with Crippen molar-refractivity contribution >= 4 is 33.9 Å². The fourth-order valence-electron chi connectivity index (χ4n) is 5.36. The van der Waals surface area contributed by atoms with E-state index in [-0.39, 0.29) is 42.8 Å². The van der Waals surface area contributed by atoms with Gasteiger partial charge in [-0.3, -0.25) is 4.79 Å². The number of hydrogen-bond acceptors (Lipinski definition) is 8. The van der Waals surface area contributed by atoms with Crippen molar-refractivity contribution in [3.8, 4) is 0 Å². The number of urea groups is 1. The number of anilines is 1. The van der Waals surface area contributed by atoms with Crippen molar-refractivity contribution in [1.82, 2.24) is 19.8 Å². The van der Waals surface area contributed by atoms with Gasteiger partial charge in [-0.1, -0.05) is 93.9 Å². The lowest BCUT2D eigenvalue weighted by atomic mass is 9.96. The zero-order chi connectivity index (χ0) is 36.1. The van der Waals surface area contributed by atoms with Gasteiger partial charge in [0.2, 0.25) is 15.9 Å². The monoisotopic (exact) mass is 694 g/mol. The summed E-state index contributed by atoms with van der Waals surface area (Å²) in [5.74, 6) is -0.811. The van der Waals surface area contributed by atoms with E-state index in [1.807, 2.05) is 70.2 Å². The van der Waals surface area contributed by atoms with Gasteiger partial charge in [-0.25, -0.2) is 13.2 Å². The van der Waals surface area contributed by atoms with Crippen molar-refractivity contribution in [2.75, 3.05) is 25.9 Å². The number of aliphatic hydroxyl groups is 1. The number of amides is 3. The minimum absolute atomic E-state index is 0.0148. The lowest BCUT2D eigenvalue weighted by molar-refractivity contribution is -0.125. The van der Waals surface area contributed by atoms with Gasteiger partial charge in [0.25, 0.3) is 0 Å². The standard InChI is InChI=1S/C36H50N6O6S/c1-6-26(4)34(40-36(45)41(5)23-29-13-10-14-30(37)19-29)35(44)39-32(20-27-11-8-7-9-12-27)33(43)24-42(22-25(2)3)49(47,48)31-17-15-28(16-18-31)21-38-46/h7-19,21,25-26,32-34,43,46H,6,20,22-24,37H2,1-5H3,(H,39,44)(H,40,45)/b38-21+/t26-,32-,33+,34-/m0/s1. The van der Waals surface area contributed by atoms with E-state index in [1.54, 1.807) is 19.2 Å². The van der Waals surface area contributed by atoms with Gasteiger partial charge in [-0.05, 0) is 59.2 Å². The van der Waals surface area contributed by atoms with Crippen LogP contribution in [0.25, 0.3) is 0 Å². The highest BCUT2D eigenvalue weighted by Gasteiger charge is 2.34. The summed E-state index contributed by atoms with van der Waals surface area (Å²) in [5.41, 5.74) is 8.66. The van der Waals surface area contributed by atoms with Crippen molar-refractivity contribution in [1.29, 1.82) is 0 Å². The third kappa shape index (κ3) is 11.6. The highest BCUT2D eigenvalue weighted by molar-refractivity contribution is 7.89. The number of nitrogens with two attached hydrogens (primary N) is 1. The van der Waals surface area contributed by atoms with Gasteiger partial charge in [0.15, 0.2) is 0 Å². The molecule has 266 valence electrons. The molecule has 0 aliphatic heterocycles. The molecule has 0 aromatic heterocycles. The molecule has 0 saturated carbocycles. The Morgan fingerprint density at radius 3 is 2.18 bits per heavy atom. The number of rotatable bonds is 17. The van der Waals surface area contributed by atoms with Crippen LogP contribution in [0.4, 0.5) is 10.5 Å². The average Bonchev–Trinajstić information content (AvgIpc) is 3.06. The highest BCUT2D eigenvalue weighted by Crippen LogP contribution is 2.20. The molecular weight excluding hydrogens is 644 g/mol. The summed E-state index contributed by atoms with van der Waals surface area (Å²) in [6.07, 6.45) is 0.690. The SMILES string of the molecule is CC[C@H](C)[C@H](NC(=O)N(C)Cc1cccc(N)c1)C(=O)N[C@@H](Cc1ccccc1)[C@H](O)CN(CC(C)C)S(=O)(=O)c1ccc(/C=N/O)cc1. The average molecular weight is 695 g/mol. The van der Waals surface area contributed by atoms with Gasteiger partial charge in [0, 0.05) is 32.4 Å². The largest absolute Gasteiger partial charge is 0.411 e. The molecule has 49 heavy (non-hydrogen) atoms. The first-order valence-corrected chi connectivity index (χ1v) is 17.8. The van der Waals surface area contributed by atoms with Gasteiger partial charge in [-0.2, -0.15) is 4.31 Å². The minimum Gasteiger partial charge on any atom is -0.411 e. The summed E-state index contributed by atoms with van der Waals surface area (Å²) < 4.78 is 28.9. The smallest absolute Gasteiger partial charge is 0.318 e. The first-order chi connectivity index (χ1) is 23.2. The predicted octanol–water partition coefficient (Wildman–Crippen LogP) is 4.07. The molecule has 6 N–H and O–H groups in total. The molecule has 13 heteroatoms. The van der Waals surface area contributed by atoms with Crippen LogP contribution in [0.2, 0.25) is 0 Å². The fourth-order valence-corrected chi connectivity index (χ4v) is 6.98. The molecular formula is C36H50N6O6S. The Kier molecular flexibility index (Phi) is 14.6. The maximum Gasteiger partial charge on any atom is 0.318 e. The summed E-state index contributed by atoms with van der Waals surface area (Å²) in [4.78, 5) is 28.7. The van der Waals surface area contributed by atoms with E-state index in [0.29, 0.717) is 17.7 Å². The van der Waals surface area contributed by atoms with Crippen LogP contribution in [-0.2, 0) is 27.8 Å². The Balaban J connectivity index is 1.87. The molecule has 0 bridgehead atoms. The Morgan fingerprint density at radius 2 is 1.59 bits per heavy atom. The normalized spacial score (nSPS) is 14.4. The Bertz CT molecular complexity index is 1640. The summed E-state index contributed by atoms with van der Waals surface area (Å²) in [6.45, 7) is 7.64. The Labute approximate surface area is 290 Å². The number of aliphatic hydroxyl groups excluding tert-OH is 1. The van der Waals surface area contributed by atoms with E-state index in [9.17, 15) is 23.1 Å². The molecule has 0 fully saturated rings. The van der Waals surface area contributed by atoms with Crippen LogP contribution in [0.5, 0.6) is 0 Å². The van der Waals surface area contributed by atoms with Crippen LogP contribution < -0.4 is 16.4 Å². The maximum absolute atomic E-state index is 13.9. The van der Waals surface area contributed by atoms with Gasteiger partial charge in [-0.15, -0.1) is 0 Å². The van der Waals surface area contributed by atoms with E-state index in [1.165, 1.54) is 39.7 Å². The van der Waals surface area contributed by atoms with Crippen molar-refractivity contribution in [3.05, 3.63) is 95.6 Å². The summed E-state index contributed by atoms with van der Waals surface area (Å²) in [7, 11) is -2.43. The Hall–Kier alpha value is -4.46. The number of carbonyl (C=O) groups is 2. The first kappa shape index (κ1) is 39.0.